The smallest absolute Gasteiger partial charge is 0.0625 e. The predicted molar refractivity (Wildman–Crippen MR) is 147 cm³/mol. The van der Waals surface area contributed by atoms with Gasteiger partial charge in [-0.05, 0) is 94.0 Å². The second kappa shape index (κ2) is 11.5. The van der Waals surface area contributed by atoms with Crippen molar-refractivity contribution >= 4 is 0 Å². The molecule has 1 heteroatoms. The molecule has 0 fully saturated rings. The van der Waals surface area contributed by atoms with Crippen LogP contribution >= 0.6 is 0 Å². The van der Waals surface area contributed by atoms with Crippen molar-refractivity contribution in [1.29, 1.82) is 5.26 Å². The number of benzene rings is 3. The third-order valence-corrected chi connectivity index (χ3v) is 6.60. The molecule has 0 aromatic heterocycles. The van der Waals surface area contributed by atoms with Crippen molar-refractivity contribution in [3.63, 3.8) is 0 Å². The molecule has 0 amide bonds. The fourth-order valence-corrected chi connectivity index (χ4v) is 4.86. The molecule has 0 heterocycles. The molecule has 0 aliphatic carbocycles. The first kappa shape index (κ1) is 25.8. The summed E-state index contributed by atoms with van der Waals surface area (Å²) in [6.45, 7) is 16.0. The molecule has 1 nitrogen and oxygen atoms in total. The van der Waals surface area contributed by atoms with Crippen LogP contribution in [0.5, 0.6) is 0 Å². The summed E-state index contributed by atoms with van der Waals surface area (Å²) < 4.78 is 0. The first-order chi connectivity index (χ1) is 16.2. The molecule has 0 unspecified atom stereocenters. The lowest BCUT2D eigenvalue weighted by Crippen LogP contribution is -2.01. The van der Waals surface area contributed by atoms with Crippen LogP contribution in [-0.2, 0) is 19.3 Å². The zero-order valence-corrected chi connectivity index (χ0v) is 22.2. The Bertz CT molecular complexity index is 1160. The van der Waals surface area contributed by atoms with Crippen LogP contribution in [0.1, 0.15) is 81.7 Å². The van der Waals surface area contributed by atoms with Gasteiger partial charge in [0, 0.05) is 6.42 Å². The van der Waals surface area contributed by atoms with E-state index < -0.39 is 0 Å². The van der Waals surface area contributed by atoms with E-state index in [9.17, 15) is 0 Å². The van der Waals surface area contributed by atoms with Crippen LogP contribution in [0, 0.1) is 30.1 Å². The third kappa shape index (κ3) is 6.38. The first-order valence-corrected chi connectivity index (χ1v) is 12.9. The highest BCUT2D eigenvalue weighted by Gasteiger charge is 2.15. The molecular weight excluding hydrogens is 410 g/mol. The Morgan fingerprint density at radius 3 is 1.97 bits per heavy atom. The Hall–Kier alpha value is -2.85. The van der Waals surface area contributed by atoms with E-state index in [4.69, 9.17) is 5.26 Å². The van der Waals surface area contributed by atoms with Gasteiger partial charge in [-0.15, -0.1) is 0 Å². The van der Waals surface area contributed by atoms with E-state index in [1.54, 1.807) is 0 Å². The number of hydrogen-bond acceptors (Lipinski definition) is 1. The highest BCUT2D eigenvalue weighted by atomic mass is 14.2. The molecule has 0 spiro atoms. The minimum absolute atomic E-state index is 0.438. The van der Waals surface area contributed by atoms with Crippen molar-refractivity contribution < 1.29 is 0 Å². The van der Waals surface area contributed by atoms with Crippen LogP contribution in [-0.4, -0.2) is 0 Å². The lowest BCUT2D eigenvalue weighted by Gasteiger charge is -2.19. The third-order valence-electron chi connectivity index (χ3n) is 6.60. The number of aryl methyl sites for hydroxylation is 2. The maximum Gasteiger partial charge on any atom is 0.0625 e. The Balaban J connectivity index is 2.08. The van der Waals surface area contributed by atoms with Crippen LogP contribution < -0.4 is 0 Å². The Morgan fingerprint density at radius 1 is 0.706 bits per heavy atom. The van der Waals surface area contributed by atoms with Crippen LogP contribution in [0.15, 0.2) is 54.6 Å². The van der Waals surface area contributed by atoms with Crippen LogP contribution in [0.3, 0.4) is 0 Å². The number of nitriles is 1. The molecule has 0 aliphatic rings. The van der Waals surface area contributed by atoms with Crippen LogP contribution in [0.25, 0.3) is 22.3 Å². The maximum atomic E-state index is 9.00. The summed E-state index contributed by atoms with van der Waals surface area (Å²) in [7, 11) is 0. The van der Waals surface area contributed by atoms with E-state index in [-0.39, 0.29) is 0 Å². The molecule has 178 valence electrons. The molecule has 3 aromatic carbocycles. The summed E-state index contributed by atoms with van der Waals surface area (Å²) in [4.78, 5) is 0. The number of nitrogens with zero attached hydrogens (tertiary/aromatic N) is 1. The van der Waals surface area contributed by atoms with Crippen molar-refractivity contribution in [2.45, 2.75) is 80.1 Å². The second-order valence-corrected chi connectivity index (χ2v) is 10.9. The van der Waals surface area contributed by atoms with Crippen molar-refractivity contribution in [3.05, 3.63) is 82.4 Å². The standard InChI is InChI=1S/C33H41N/c1-22(2)17-29-20-27(12-10-25(29)7)32-15-13-28(21-33(32)24(5)6)31-14-11-26(9-8-16-34)19-30(31)18-23(3)4/h10-15,19-24H,8-9,17-18H2,1-7H3. The molecule has 0 aliphatic heterocycles. The molecule has 0 bridgehead atoms. The monoisotopic (exact) mass is 451 g/mol. The van der Waals surface area contributed by atoms with Gasteiger partial charge in [0.1, 0.15) is 0 Å². The van der Waals surface area contributed by atoms with Gasteiger partial charge in [-0.3, -0.25) is 0 Å². The fourth-order valence-electron chi connectivity index (χ4n) is 4.86. The molecule has 0 saturated carbocycles. The van der Waals surface area contributed by atoms with Gasteiger partial charge in [-0.1, -0.05) is 96.1 Å². The SMILES string of the molecule is Cc1ccc(-c2ccc(-c3ccc(CCC#N)cc3CC(C)C)cc2C(C)C)cc1CC(C)C. The average molecular weight is 452 g/mol. The fraction of sp³-hybridized carbons (Fsp3) is 0.424. The first-order valence-electron chi connectivity index (χ1n) is 12.9. The van der Waals surface area contributed by atoms with Gasteiger partial charge < -0.3 is 0 Å². The normalized spacial score (nSPS) is 11.4. The zero-order chi connectivity index (χ0) is 24.8. The summed E-state index contributed by atoms with van der Waals surface area (Å²) >= 11 is 0. The van der Waals surface area contributed by atoms with Gasteiger partial charge in [0.15, 0.2) is 0 Å². The second-order valence-electron chi connectivity index (χ2n) is 10.9. The lowest BCUT2D eigenvalue weighted by molar-refractivity contribution is 0.645. The summed E-state index contributed by atoms with van der Waals surface area (Å²) in [5.41, 5.74) is 12.2. The van der Waals surface area contributed by atoms with E-state index in [0.29, 0.717) is 24.2 Å². The lowest BCUT2D eigenvalue weighted by atomic mass is 9.85. The molecule has 0 radical (unpaired) electrons. The van der Waals surface area contributed by atoms with Crippen molar-refractivity contribution in [2.24, 2.45) is 11.8 Å². The van der Waals surface area contributed by atoms with E-state index in [2.05, 4.69) is 109 Å². The number of rotatable bonds is 9. The molecule has 34 heavy (non-hydrogen) atoms. The average Bonchev–Trinajstić information content (AvgIpc) is 2.78. The van der Waals surface area contributed by atoms with Crippen LogP contribution in [0.4, 0.5) is 0 Å². The van der Waals surface area contributed by atoms with E-state index >= 15 is 0 Å². The van der Waals surface area contributed by atoms with Gasteiger partial charge in [0.2, 0.25) is 0 Å². The Kier molecular flexibility index (Phi) is 8.73. The molecule has 3 rings (SSSR count). The molecule has 3 aromatic rings. The molecule has 0 atom stereocenters. The van der Waals surface area contributed by atoms with Gasteiger partial charge in [0.25, 0.3) is 0 Å². The number of hydrogen-bond donors (Lipinski definition) is 0. The maximum absolute atomic E-state index is 9.00. The molecular formula is C33H41N. The molecule has 0 saturated heterocycles. The summed E-state index contributed by atoms with van der Waals surface area (Å²) in [6, 6.07) is 23.1. The summed E-state index contributed by atoms with van der Waals surface area (Å²) in [5, 5.41) is 9.00. The quantitative estimate of drug-likeness (QED) is 0.318. The highest BCUT2D eigenvalue weighted by molar-refractivity contribution is 5.76. The van der Waals surface area contributed by atoms with Crippen molar-refractivity contribution in [2.75, 3.05) is 0 Å². The largest absolute Gasteiger partial charge is 0.198 e. The van der Waals surface area contributed by atoms with E-state index in [0.717, 1.165) is 19.3 Å². The van der Waals surface area contributed by atoms with Gasteiger partial charge in [-0.2, -0.15) is 5.26 Å². The minimum atomic E-state index is 0.438. The van der Waals surface area contributed by atoms with Gasteiger partial charge in [-0.25, -0.2) is 0 Å². The Morgan fingerprint density at radius 2 is 1.32 bits per heavy atom. The Labute approximate surface area is 207 Å². The summed E-state index contributed by atoms with van der Waals surface area (Å²) in [6.07, 6.45) is 3.56. The minimum Gasteiger partial charge on any atom is -0.198 e. The zero-order valence-electron chi connectivity index (χ0n) is 22.2. The highest BCUT2D eigenvalue weighted by Crippen LogP contribution is 2.36. The van der Waals surface area contributed by atoms with Crippen molar-refractivity contribution in [3.8, 4) is 28.3 Å². The van der Waals surface area contributed by atoms with Crippen molar-refractivity contribution in [1.82, 2.24) is 0 Å². The summed E-state index contributed by atoms with van der Waals surface area (Å²) in [5.74, 6) is 1.67. The van der Waals surface area contributed by atoms with Gasteiger partial charge in [0.05, 0.1) is 6.07 Å². The van der Waals surface area contributed by atoms with Crippen LogP contribution in [0.2, 0.25) is 0 Å². The topological polar surface area (TPSA) is 23.8 Å². The predicted octanol–water partition coefficient (Wildman–Crippen LogP) is 9.31. The molecule has 0 N–H and O–H groups in total. The van der Waals surface area contributed by atoms with E-state index in [1.807, 2.05) is 0 Å². The van der Waals surface area contributed by atoms with E-state index in [1.165, 1.54) is 50.1 Å². The van der Waals surface area contributed by atoms with Gasteiger partial charge >= 0.3 is 0 Å².